The first-order valence-electron chi connectivity index (χ1n) is 10.3. The van der Waals surface area contributed by atoms with E-state index in [9.17, 15) is 9.18 Å². The zero-order valence-corrected chi connectivity index (χ0v) is 18.3. The number of carbonyl (C=O) groups excluding carboxylic acids is 1. The van der Waals surface area contributed by atoms with Gasteiger partial charge in [0, 0.05) is 44.4 Å². The second-order valence-electron chi connectivity index (χ2n) is 8.14. The van der Waals surface area contributed by atoms with Crippen molar-refractivity contribution in [3.63, 3.8) is 0 Å². The molecule has 0 bridgehead atoms. The molecule has 1 aromatic heterocycles. The molecule has 1 unspecified atom stereocenters. The van der Waals surface area contributed by atoms with E-state index >= 15 is 0 Å². The molecule has 0 radical (unpaired) electrons. The van der Waals surface area contributed by atoms with E-state index < -0.39 is 6.36 Å². The van der Waals surface area contributed by atoms with Gasteiger partial charge in [-0.2, -0.15) is 0 Å². The fourth-order valence-electron chi connectivity index (χ4n) is 3.94. The number of halogens is 2. The van der Waals surface area contributed by atoms with Gasteiger partial charge in [0.05, 0.1) is 23.8 Å². The zero-order chi connectivity index (χ0) is 22.0. The van der Waals surface area contributed by atoms with Crippen LogP contribution in [0, 0.1) is 12.3 Å². The predicted octanol–water partition coefficient (Wildman–Crippen LogP) is 4.73. The molecule has 31 heavy (non-hydrogen) atoms. The van der Waals surface area contributed by atoms with Crippen molar-refractivity contribution in [1.29, 1.82) is 0 Å². The number of hydrogen-bond donors (Lipinski definition) is 0. The Morgan fingerprint density at radius 1 is 1.23 bits per heavy atom. The zero-order valence-electron chi connectivity index (χ0n) is 17.6. The molecule has 0 saturated carbocycles. The minimum absolute atomic E-state index is 0.0850. The topological polar surface area (TPSA) is 66.9 Å². The Morgan fingerprint density at radius 3 is 2.61 bits per heavy atom. The third kappa shape index (κ3) is 4.62. The van der Waals surface area contributed by atoms with Crippen LogP contribution in [-0.4, -0.2) is 43.6 Å². The number of pyridine rings is 1. The van der Waals surface area contributed by atoms with E-state index in [1.807, 2.05) is 6.92 Å². The smallest absolute Gasteiger partial charge is 0.236 e. The Labute approximate surface area is 185 Å². The summed E-state index contributed by atoms with van der Waals surface area (Å²) >= 11 is 6.27. The molecule has 0 amide bonds. The van der Waals surface area contributed by atoms with E-state index in [2.05, 4.69) is 4.98 Å². The average molecular weight is 450 g/mol. The molecule has 2 aliphatic rings. The summed E-state index contributed by atoms with van der Waals surface area (Å²) in [6, 6.07) is 3.14. The molecule has 166 valence electrons. The van der Waals surface area contributed by atoms with Gasteiger partial charge in [0.2, 0.25) is 12.1 Å². The van der Waals surface area contributed by atoms with Crippen LogP contribution in [0.25, 0.3) is 0 Å². The van der Waals surface area contributed by atoms with Gasteiger partial charge in [-0.05, 0) is 43.0 Å². The van der Waals surface area contributed by atoms with Crippen molar-refractivity contribution >= 4 is 17.4 Å². The Morgan fingerprint density at radius 2 is 1.94 bits per heavy atom. The molecule has 0 aliphatic carbocycles. The van der Waals surface area contributed by atoms with Gasteiger partial charge in [-0.1, -0.05) is 11.6 Å². The van der Waals surface area contributed by atoms with Gasteiger partial charge in [0.25, 0.3) is 0 Å². The predicted molar refractivity (Wildman–Crippen MR) is 113 cm³/mol. The number of nitrogens with zero attached hydrogens (tertiary/aromatic N) is 1. The highest BCUT2D eigenvalue weighted by atomic mass is 35.5. The number of ether oxygens (including phenoxy) is 4. The van der Waals surface area contributed by atoms with Crippen LogP contribution in [0.4, 0.5) is 4.39 Å². The number of Topliss-reactive ketones (excluding diaryl/α,β-unsaturated/α-hetero) is 1. The molecule has 8 heteroatoms. The molecular weight excluding hydrogens is 425 g/mol. The molecule has 3 heterocycles. The highest BCUT2D eigenvalue weighted by Crippen LogP contribution is 2.46. The Kier molecular flexibility index (Phi) is 6.34. The molecule has 1 atom stereocenters. The summed E-state index contributed by atoms with van der Waals surface area (Å²) in [6.07, 6.45) is 3.31. The van der Waals surface area contributed by atoms with E-state index in [1.54, 1.807) is 18.3 Å². The maximum atomic E-state index is 13.6. The van der Waals surface area contributed by atoms with Gasteiger partial charge in [0.1, 0.15) is 0 Å². The fourth-order valence-corrected chi connectivity index (χ4v) is 4.21. The van der Waals surface area contributed by atoms with Crippen LogP contribution in [0.1, 0.15) is 41.3 Å². The normalized spacial score (nSPS) is 18.3. The van der Waals surface area contributed by atoms with E-state index in [4.69, 9.17) is 30.5 Å². The van der Waals surface area contributed by atoms with Crippen molar-refractivity contribution in [2.24, 2.45) is 5.41 Å². The Balaban J connectivity index is 1.69. The molecule has 1 fully saturated rings. The van der Waals surface area contributed by atoms with Gasteiger partial charge < -0.3 is 18.9 Å². The molecule has 4 rings (SSSR count). The summed E-state index contributed by atoms with van der Waals surface area (Å²) in [6.45, 7) is 5.16. The van der Waals surface area contributed by atoms with Gasteiger partial charge in [-0.25, -0.2) is 4.39 Å². The summed E-state index contributed by atoms with van der Waals surface area (Å²) in [5, 5.41) is 0.434. The van der Waals surface area contributed by atoms with Crippen molar-refractivity contribution in [2.75, 3.05) is 26.4 Å². The number of carbonyl (C=O) groups is 1. The number of hydrogen-bond acceptors (Lipinski definition) is 6. The third-order valence-corrected chi connectivity index (χ3v) is 6.15. The largest absolute Gasteiger partial charge is 0.488 e. The van der Waals surface area contributed by atoms with Crippen LogP contribution in [0.2, 0.25) is 5.02 Å². The molecule has 1 saturated heterocycles. The minimum atomic E-state index is -1.53. The molecule has 2 aromatic rings. The van der Waals surface area contributed by atoms with E-state index in [1.165, 1.54) is 13.1 Å². The van der Waals surface area contributed by atoms with Crippen molar-refractivity contribution < 1.29 is 28.1 Å². The lowest BCUT2D eigenvalue weighted by Crippen LogP contribution is -2.39. The number of ketones is 1. The fraction of sp³-hybridized carbons (Fsp3) is 0.478. The second kappa shape index (κ2) is 9.01. The molecular formula is C23H25ClFNO5. The Bertz CT molecular complexity index is 954. The van der Waals surface area contributed by atoms with Crippen molar-refractivity contribution in [3.8, 4) is 17.2 Å². The van der Waals surface area contributed by atoms with E-state index in [0.717, 1.165) is 18.4 Å². The number of fused-ring (bicyclic) bond motifs is 1. The first kappa shape index (κ1) is 21.8. The van der Waals surface area contributed by atoms with E-state index in [0.29, 0.717) is 42.6 Å². The first-order valence-corrected chi connectivity index (χ1v) is 10.7. The van der Waals surface area contributed by atoms with Crippen LogP contribution < -0.4 is 14.2 Å². The molecule has 1 aromatic carbocycles. The monoisotopic (exact) mass is 449 g/mol. The summed E-state index contributed by atoms with van der Waals surface area (Å²) in [5.41, 5.74) is 1.67. The standard InChI is InChI=1S/C23H25ClFNO5/c1-14-10-26-11-18(24)17(14)9-19(27)16-3-4-20(31-15(2)25)22-21(16)29-12-23(13-30-22)5-7-28-8-6-23/h3-4,10-11,15H,5-9,12-13H2,1-2H3. The number of aromatic nitrogens is 1. The highest BCUT2D eigenvalue weighted by Gasteiger charge is 2.39. The van der Waals surface area contributed by atoms with E-state index in [-0.39, 0.29) is 34.9 Å². The molecule has 2 aliphatic heterocycles. The summed E-state index contributed by atoms with van der Waals surface area (Å²) in [7, 11) is 0. The lowest BCUT2D eigenvalue weighted by molar-refractivity contribution is -0.0257. The maximum Gasteiger partial charge on any atom is 0.236 e. The van der Waals surface area contributed by atoms with Crippen molar-refractivity contribution in [1.82, 2.24) is 4.98 Å². The van der Waals surface area contributed by atoms with Crippen LogP contribution in [0.3, 0.4) is 0 Å². The number of rotatable bonds is 5. The molecule has 1 spiro atoms. The van der Waals surface area contributed by atoms with Gasteiger partial charge in [-0.3, -0.25) is 9.78 Å². The number of benzene rings is 1. The third-order valence-electron chi connectivity index (χ3n) is 5.82. The van der Waals surface area contributed by atoms with Crippen molar-refractivity contribution in [2.45, 2.75) is 39.5 Å². The van der Waals surface area contributed by atoms with Crippen LogP contribution >= 0.6 is 11.6 Å². The van der Waals surface area contributed by atoms with Gasteiger partial charge in [-0.15, -0.1) is 0 Å². The van der Waals surface area contributed by atoms with Crippen LogP contribution in [0.5, 0.6) is 17.2 Å². The lowest BCUT2D eigenvalue weighted by Gasteiger charge is -2.34. The van der Waals surface area contributed by atoms with Crippen molar-refractivity contribution in [3.05, 3.63) is 46.2 Å². The summed E-state index contributed by atoms with van der Waals surface area (Å²) in [4.78, 5) is 17.3. The van der Waals surface area contributed by atoms with Gasteiger partial charge >= 0.3 is 0 Å². The average Bonchev–Trinajstić information content (AvgIpc) is 2.92. The van der Waals surface area contributed by atoms with Gasteiger partial charge in [0.15, 0.2) is 17.3 Å². The minimum Gasteiger partial charge on any atom is -0.488 e. The Hall–Kier alpha value is -2.38. The second-order valence-corrected chi connectivity index (χ2v) is 8.54. The number of aryl methyl sites for hydroxylation is 1. The maximum absolute atomic E-state index is 13.6. The summed E-state index contributed by atoms with van der Waals surface area (Å²) < 4.78 is 36.7. The molecule has 6 nitrogen and oxygen atoms in total. The van der Waals surface area contributed by atoms with Crippen LogP contribution in [-0.2, 0) is 11.2 Å². The number of alkyl halides is 1. The molecule has 0 N–H and O–H groups in total. The van der Waals surface area contributed by atoms with Crippen LogP contribution in [0.15, 0.2) is 24.5 Å². The lowest BCUT2D eigenvalue weighted by atomic mass is 9.82. The first-order chi connectivity index (χ1) is 14.9. The SMILES string of the molecule is Cc1cncc(Cl)c1CC(=O)c1ccc(OC(C)F)c2c1OCC1(CCOCC1)CO2. The summed E-state index contributed by atoms with van der Waals surface area (Å²) in [5.74, 6) is 0.577. The highest BCUT2D eigenvalue weighted by molar-refractivity contribution is 6.31. The quantitative estimate of drug-likeness (QED) is 0.615.